The van der Waals surface area contributed by atoms with Gasteiger partial charge < -0.3 is 0 Å². The van der Waals surface area contributed by atoms with E-state index in [9.17, 15) is 12.8 Å². The summed E-state index contributed by atoms with van der Waals surface area (Å²) in [5.74, 6) is -0.268. The molecule has 0 N–H and O–H groups in total. The summed E-state index contributed by atoms with van der Waals surface area (Å²) in [6, 6.07) is 10.4. The number of rotatable bonds is 5. The van der Waals surface area contributed by atoms with Crippen LogP contribution in [0.5, 0.6) is 0 Å². The van der Waals surface area contributed by atoms with Crippen molar-refractivity contribution >= 4 is 27.1 Å². The Morgan fingerprint density at radius 2 is 1.81 bits per heavy atom. The molecule has 3 rings (SSSR count). The third-order valence-electron chi connectivity index (χ3n) is 4.77. The summed E-state index contributed by atoms with van der Waals surface area (Å²) in [5, 5.41) is 4.03. The zero-order valence-electron chi connectivity index (χ0n) is 15.5. The van der Waals surface area contributed by atoms with Gasteiger partial charge in [-0.2, -0.15) is 0 Å². The molecule has 7 heteroatoms. The summed E-state index contributed by atoms with van der Waals surface area (Å²) in [7, 11) is -1.41. The number of fused-ring (bicyclic) bond motifs is 1. The van der Waals surface area contributed by atoms with Crippen LogP contribution in [0.2, 0.25) is 0 Å². The maximum absolute atomic E-state index is 13.2. The minimum atomic E-state index is -3.35. The van der Waals surface area contributed by atoms with Gasteiger partial charge in [0.2, 0.25) is 10.0 Å². The van der Waals surface area contributed by atoms with Crippen molar-refractivity contribution in [2.75, 3.05) is 34.2 Å². The third kappa shape index (κ3) is 3.23. The molecular formula is C19H24FN3O2S. The van der Waals surface area contributed by atoms with E-state index < -0.39 is 10.0 Å². The molecule has 1 aliphatic rings. The molecule has 0 aromatic heterocycles. The van der Waals surface area contributed by atoms with Crippen molar-refractivity contribution in [1.29, 1.82) is 0 Å². The topological polar surface area (TPSA) is 43.9 Å². The SMILES string of the molecule is CCc1cc2c(cc1N(CC)S(C)(=O)=O)N(C)N(c1ccc(F)cc1)C2. The Hall–Kier alpha value is -2.28. The normalized spacial score (nSPS) is 13.9. The molecule has 0 fully saturated rings. The van der Waals surface area contributed by atoms with Gasteiger partial charge in [-0.05, 0) is 60.9 Å². The van der Waals surface area contributed by atoms with Gasteiger partial charge in [0.1, 0.15) is 5.82 Å². The minimum Gasteiger partial charge on any atom is -0.288 e. The molecule has 0 aliphatic carbocycles. The van der Waals surface area contributed by atoms with E-state index in [0.29, 0.717) is 13.1 Å². The van der Waals surface area contributed by atoms with Gasteiger partial charge in [-0.15, -0.1) is 0 Å². The predicted octanol–water partition coefficient (Wildman–Crippen LogP) is 3.55. The maximum atomic E-state index is 13.2. The van der Waals surface area contributed by atoms with Gasteiger partial charge in [-0.1, -0.05) is 6.92 Å². The van der Waals surface area contributed by atoms with Crippen LogP contribution in [0.25, 0.3) is 0 Å². The van der Waals surface area contributed by atoms with Crippen molar-refractivity contribution < 1.29 is 12.8 Å². The molecule has 26 heavy (non-hydrogen) atoms. The fourth-order valence-electron chi connectivity index (χ4n) is 3.47. The Bertz CT molecular complexity index is 913. The van der Waals surface area contributed by atoms with Crippen molar-refractivity contribution in [2.24, 2.45) is 0 Å². The quantitative estimate of drug-likeness (QED) is 0.799. The lowest BCUT2D eigenvalue weighted by Gasteiger charge is -2.29. The second-order valence-electron chi connectivity index (χ2n) is 6.45. The van der Waals surface area contributed by atoms with Gasteiger partial charge in [-0.3, -0.25) is 14.3 Å². The molecule has 1 aliphatic heterocycles. The standard InChI is InChI=1S/C19H24FN3O2S/c1-5-14-11-15-13-22(17-9-7-16(20)8-10-17)21(3)18(15)12-19(14)23(6-2)26(4,24)25/h7-12H,5-6,13H2,1-4H3. The Kier molecular flexibility index (Phi) is 4.84. The van der Waals surface area contributed by atoms with Crippen molar-refractivity contribution in [2.45, 2.75) is 26.8 Å². The highest BCUT2D eigenvalue weighted by molar-refractivity contribution is 7.92. The molecule has 0 saturated heterocycles. The van der Waals surface area contributed by atoms with Gasteiger partial charge in [0.25, 0.3) is 0 Å². The smallest absolute Gasteiger partial charge is 0.232 e. The highest BCUT2D eigenvalue weighted by Gasteiger charge is 2.28. The van der Waals surface area contributed by atoms with Crippen LogP contribution >= 0.6 is 0 Å². The first-order chi connectivity index (χ1) is 12.3. The molecule has 140 valence electrons. The summed E-state index contributed by atoms with van der Waals surface area (Å²) < 4.78 is 39.1. The Morgan fingerprint density at radius 1 is 1.15 bits per heavy atom. The zero-order chi connectivity index (χ0) is 19.1. The van der Waals surface area contributed by atoms with Crippen LogP contribution in [0, 0.1) is 5.82 Å². The molecule has 0 bridgehead atoms. The first kappa shape index (κ1) is 18.5. The van der Waals surface area contributed by atoms with Crippen LogP contribution in [0.15, 0.2) is 36.4 Å². The van der Waals surface area contributed by atoms with Crippen LogP contribution in [-0.4, -0.2) is 28.3 Å². The zero-order valence-corrected chi connectivity index (χ0v) is 16.3. The van der Waals surface area contributed by atoms with Gasteiger partial charge in [0, 0.05) is 13.6 Å². The molecule has 1 heterocycles. The number of hydrogen-bond donors (Lipinski definition) is 0. The number of aryl methyl sites for hydroxylation is 1. The lowest BCUT2D eigenvalue weighted by Crippen LogP contribution is -2.34. The largest absolute Gasteiger partial charge is 0.288 e. The maximum Gasteiger partial charge on any atom is 0.232 e. The molecule has 0 spiro atoms. The molecule has 5 nitrogen and oxygen atoms in total. The van der Waals surface area contributed by atoms with Crippen LogP contribution in [0.3, 0.4) is 0 Å². The van der Waals surface area contributed by atoms with Crippen LogP contribution in [-0.2, 0) is 23.0 Å². The lowest BCUT2D eigenvalue weighted by molar-refractivity contribution is 0.597. The number of hydrazine groups is 1. The molecule has 0 saturated carbocycles. The average molecular weight is 377 g/mol. The summed E-state index contributed by atoms with van der Waals surface area (Å²) >= 11 is 0. The molecule has 0 atom stereocenters. The van der Waals surface area contributed by atoms with E-state index in [1.165, 1.54) is 22.7 Å². The van der Waals surface area contributed by atoms with E-state index in [4.69, 9.17) is 0 Å². The lowest BCUT2D eigenvalue weighted by atomic mass is 10.0. The number of hydrogen-bond acceptors (Lipinski definition) is 4. The molecule has 2 aromatic carbocycles. The molecular weight excluding hydrogens is 353 g/mol. The Morgan fingerprint density at radius 3 is 2.35 bits per heavy atom. The Balaban J connectivity index is 2.05. The molecule has 2 aromatic rings. The second kappa shape index (κ2) is 6.79. The first-order valence-electron chi connectivity index (χ1n) is 8.66. The second-order valence-corrected chi connectivity index (χ2v) is 8.36. The monoisotopic (exact) mass is 377 g/mol. The van der Waals surface area contributed by atoms with Crippen molar-refractivity contribution in [1.82, 2.24) is 0 Å². The summed E-state index contributed by atoms with van der Waals surface area (Å²) in [6.45, 7) is 4.91. The molecule has 0 amide bonds. The van der Waals surface area contributed by atoms with Gasteiger partial charge in [0.05, 0.1) is 29.9 Å². The first-order valence-corrected chi connectivity index (χ1v) is 10.5. The average Bonchev–Trinajstić information content (AvgIpc) is 2.90. The van der Waals surface area contributed by atoms with Gasteiger partial charge >= 0.3 is 0 Å². The summed E-state index contributed by atoms with van der Waals surface area (Å²) in [6.07, 6.45) is 1.98. The van der Waals surface area contributed by atoms with Crippen molar-refractivity contribution in [3.63, 3.8) is 0 Å². The van der Waals surface area contributed by atoms with Crippen molar-refractivity contribution in [3.8, 4) is 0 Å². The fourth-order valence-corrected chi connectivity index (χ4v) is 4.47. The Labute approximate surface area is 154 Å². The minimum absolute atomic E-state index is 0.268. The number of anilines is 3. The predicted molar refractivity (Wildman–Crippen MR) is 105 cm³/mol. The molecule has 0 radical (unpaired) electrons. The van der Waals surface area contributed by atoms with Gasteiger partial charge in [0.15, 0.2) is 0 Å². The van der Waals surface area contributed by atoms with E-state index in [-0.39, 0.29) is 5.82 Å². The van der Waals surface area contributed by atoms with E-state index in [1.807, 2.05) is 37.0 Å². The third-order valence-corrected chi connectivity index (χ3v) is 6.03. The van der Waals surface area contributed by atoms with E-state index >= 15 is 0 Å². The number of sulfonamides is 1. The van der Waals surface area contributed by atoms with E-state index in [1.54, 1.807) is 12.1 Å². The van der Waals surface area contributed by atoms with E-state index in [2.05, 4.69) is 6.07 Å². The van der Waals surface area contributed by atoms with Crippen LogP contribution in [0.1, 0.15) is 25.0 Å². The van der Waals surface area contributed by atoms with Crippen molar-refractivity contribution in [3.05, 3.63) is 53.3 Å². The summed E-state index contributed by atoms with van der Waals surface area (Å²) in [4.78, 5) is 0. The summed E-state index contributed by atoms with van der Waals surface area (Å²) in [5.41, 5.74) is 4.71. The fraction of sp³-hybridized carbons (Fsp3) is 0.368. The number of halogens is 1. The molecule has 0 unspecified atom stereocenters. The highest BCUT2D eigenvalue weighted by Crippen LogP contribution is 2.39. The highest BCUT2D eigenvalue weighted by atomic mass is 32.2. The van der Waals surface area contributed by atoms with Crippen LogP contribution in [0.4, 0.5) is 21.5 Å². The van der Waals surface area contributed by atoms with Gasteiger partial charge in [-0.25, -0.2) is 12.8 Å². The van der Waals surface area contributed by atoms with E-state index in [0.717, 1.165) is 34.6 Å². The number of benzene rings is 2. The van der Waals surface area contributed by atoms with Crippen LogP contribution < -0.4 is 14.3 Å². The number of nitrogens with zero attached hydrogens (tertiary/aromatic N) is 3.